The maximum absolute atomic E-state index is 11.0. The molecule has 0 heterocycles. The smallest absolute Gasteiger partial charge is 0.239 e. The predicted octanol–water partition coefficient (Wildman–Crippen LogP) is 3.95. The van der Waals surface area contributed by atoms with Crippen molar-refractivity contribution in [2.75, 3.05) is 5.32 Å². The van der Waals surface area contributed by atoms with Crippen molar-refractivity contribution in [2.45, 2.75) is 13.0 Å². The molecule has 1 amide bonds. The molecule has 2 aromatic carbocycles. The summed E-state index contributed by atoms with van der Waals surface area (Å²) in [5.41, 5.74) is 8.04. The number of nitrogens with one attached hydrogen (secondary N) is 1. The fourth-order valence-electron chi connectivity index (χ4n) is 1.76. The monoisotopic (exact) mass is 308 g/mol. The molecule has 0 bridgehead atoms. The van der Waals surface area contributed by atoms with Gasteiger partial charge in [0.25, 0.3) is 0 Å². The second-order valence-electron chi connectivity index (χ2n) is 4.47. The average Bonchev–Trinajstić information content (AvgIpc) is 2.42. The molecule has 0 aliphatic heterocycles. The number of primary amides is 1. The van der Waals surface area contributed by atoms with Gasteiger partial charge in [-0.3, -0.25) is 4.79 Å². The maximum Gasteiger partial charge on any atom is 0.239 e. The molecule has 0 saturated heterocycles. The van der Waals surface area contributed by atoms with Gasteiger partial charge < -0.3 is 11.1 Å². The molecule has 2 aromatic rings. The van der Waals surface area contributed by atoms with Crippen LogP contribution >= 0.6 is 23.2 Å². The number of carbonyl (C=O) groups is 1. The van der Waals surface area contributed by atoms with Gasteiger partial charge in [-0.25, -0.2) is 0 Å². The summed E-state index contributed by atoms with van der Waals surface area (Å²) >= 11 is 11.9. The molecule has 0 fully saturated rings. The number of anilines is 1. The molecule has 104 valence electrons. The topological polar surface area (TPSA) is 55.1 Å². The molecular formula is C15H14Cl2N2O. The van der Waals surface area contributed by atoms with E-state index in [-0.39, 0.29) is 0 Å². The lowest BCUT2D eigenvalue weighted by Gasteiger charge is -2.12. The molecule has 1 unspecified atom stereocenters. The van der Waals surface area contributed by atoms with Crippen molar-refractivity contribution in [3.8, 4) is 11.1 Å². The van der Waals surface area contributed by atoms with Gasteiger partial charge in [0.1, 0.15) is 6.04 Å². The van der Waals surface area contributed by atoms with E-state index in [0.717, 1.165) is 16.8 Å². The van der Waals surface area contributed by atoms with Crippen LogP contribution in [0.3, 0.4) is 0 Å². The van der Waals surface area contributed by atoms with Gasteiger partial charge in [-0.15, -0.1) is 0 Å². The quantitative estimate of drug-likeness (QED) is 0.898. The highest BCUT2D eigenvalue weighted by atomic mass is 35.5. The first kappa shape index (κ1) is 14.7. The van der Waals surface area contributed by atoms with Crippen LogP contribution in [0.2, 0.25) is 10.0 Å². The third kappa shape index (κ3) is 3.44. The lowest BCUT2D eigenvalue weighted by Crippen LogP contribution is -2.32. The van der Waals surface area contributed by atoms with Gasteiger partial charge >= 0.3 is 0 Å². The second kappa shape index (κ2) is 6.16. The minimum Gasteiger partial charge on any atom is -0.374 e. The van der Waals surface area contributed by atoms with E-state index >= 15 is 0 Å². The zero-order valence-electron chi connectivity index (χ0n) is 10.9. The summed E-state index contributed by atoms with van der Waals surface area (Å²) in [7, 11) is 0. The fraction of sp³-hybridized carbons (Fsp3) is 0.133. The molecule has 0 aliphatic rings. The Balaban J connectivity index is 2.19. The maximum atomic E-state index is 11.0. The average molecular weight is 309 g/mol. The number of halogens is 2. The Labute approximate surface area is 127 Å². The molecule has 0 spiro atoms. The van der Waals surface area contributed by atoms with Gasteiger partial charge in [-0.1, -0.05) is 41.4 Å². The number of hydrogen-bond donors (Lipinski definition) is 2. The standard InChI is InChI=1S/C15H14Cl2N2O/c1-9(15(18)20)19-12-5-2-10(3-6-12)11-4-7-13(16)14(17)8-11/h2-9,19H,1H3,(H2,18,20). The number of hydrogen-bond acceptors (Lipinski definition) is 2. The van der Waals surface area contributed by atoms with E-state index in [4.69, 9.17) is 28.9 Å². The van der Waals surface area contributed by atoms with E-state index in [1.54, 1.807) is 13.0 Å². The Morgan fingerprint density at radius 1 is 1.05 bits per heavy atom. The normalized spacial score (nSPS) is 11.9. The Bertz CT molecular complexity index is 626. The number of carbonyl (C=O) groups excluding carboxylic acids is 1. The molecule has 20 heavy (non-hydrogen) atoms. The highest BCUT2D eigenvalue weighted by Crippen LogP contribution is 2.29. The van der Waals surface area contributed by atoms with Gasteiger partial charge in [0.15, 0.2) is 0 Å². The van der Waals surface area contributed by atoms with Crippen molar-refractivity contribution < 1.29 is 4.79 Å². The van der Waals surface area contributed by atoms with Crippen molar-refractivity contribution in [1.82, 2.24) is 0 Å². The van der Waals surface area contributed by atoms with Crippen LogP contribution in [0.15, 0.2) is 42.5 Å². The first-order chi connectivity index (χ1) is 9.47. The molecular weight excluding hydrogens is 295 g/mol. The fourth-order valence-corrected chi connectivity index (χ4v) is 2.05. The van der Waals surface area contributed by atoms with Crippen LogP contribution in [0.4, 0.5) is 5.69 Å². The minimum absolute atomic E-state index is 0.390. The summed E-state index contributed by atoms with van der Waals surface area (Å²) in [5.74, 6) is -0.390. The lowest BCUT2D eigenvalue weighted by atomic mass is 10.1. The third-order valence-corrected chi connectivity index (χ3v) is 3.69. The van der Waals surface area contributed by atoms with E-state index in [1.165, 1.54) is 0 Å². The van der Waals surface area contributed by atoms with E-state index in [2.05, 4.69) is 5.32 Å². The molecule has 5 heteroatoms. The molecule has 3 N–H and O–H groups in total. The van der Waals surface area contributed by atoms with E-state index in [9.17, 15) is 4.79 Å². The highest BCUT2D eigenvalue weighted by molar-refractivity contribution is 6.42. The van der Waals surface area contributed by atoms with Crippen LogP contribution < -0.4 is 11.1 Å². The van der Waals surface area contributed by atoms with Crippen molar-refractivity contribution >= 4 is 34.8 Å². The minimum atomic E-state index is -0.411. The molecule has 2 rings (SSSR count). The zero-order chi connectivity index (χ0) is 14.7. The van der Waals surface area contributed by atoms with Gasteiger partial charge in [0.2, 0.25) is 5.91 Å². The molecule has 0 aromatic heterocycles. The van der Waals surface area contributed by atoms with Crippen LogP contribution in [-0.2, 0) is 4.79 Å². The number of amides is 1. The SMILES string of the molecule is CC(Nc1ccc(-c2ccc(Cl)c(Cl)c2)cc1)C(N)=O. The van der Waals surface area contributed by atoms with Crippen LogP contribution in [-0.4, -0.2) is 11.9 Å². The first-order valence-electron chi connectivity index (χ1n) is 6.08. The van der Waals surface area contributed by atoms with Crippen molar-refractivity contribution in [3.05, 3.63) is 52.5 Å². The molecule has 0 saturated carbocycles. The molecule has 3 nitrogen and oxygen atoms in total. The third-order valence-electron chi connectivity index (χ3n) is 2.95. The zero-order valence-corrected chi connectivity index (χ0v) is 12.4. The van der Waals surface area contributed by atoms with Crippen molar-refractivity contribution in [3.63, 3.8) is 0 Å². The number of nitrogens with two attached hydrogens (primary N) is 1. The Morgan fingerprint density at radius 3 is 2.20 bits per heavy atom. The van der Waals surface area contributed by atoms with E-state index in [0.29, 0.717) is 10.0 Å². The Kier molecular flexibility index (Phi) is 4.53. The van der Waals surface area contributed by atoms with Gasteiger partial charge in [0, 0.05) is 5.69 Å². The largest absolute Gasteiger partial charge is 0.374 e. The van der Waals surface area contributed by atoms with Crippen LogP contribution in [0, 0.1) is 0 Å². The van der Waals surface area contributed by atoms with Crippen LogP contribution in [0.5, 0.6) is 0 Å². The summed E-state index contributed by atoms with van der Waals surface area (Å²) in [6.07, 6.45) is 0. The Morgan fingerprint density at radius 2 is 1.65 bits per heavy atom. The summed E-state index contributed by atoms with van der Waals surface area (Å²) in [6.45, 7) is 1.72. The van der Waals surface area contributed by atoms with Crippen LogP contribution in [0.25, 0.3) is 11.1 Å². The lowest BCUT2D eigenvalue weighted by molar-refractivity contribution is -0.118. The Hall–Kier alpha value is -1.71. The summed E-state index contributed by atoms with van der Waals surface area (Å²) in [5, 5.41) is 4.07. The highest BCUT2D eigenvalue weighted by Gasteiger charge is 2.08. The summed E-state index contributed by atoms with van der Waals surface area (Å²) in [4.78, 5) is 11.0. The van der Waals surface area contributed by atoms with E-state index in [1.807, 2.05) is 36.4 Å². The second-order valence-corrected chi connectivity index (χ2v) is 5.29. The van der Waals surface area contributed by atoms with Crippen molar-refractivity contribution in [2.24, 2.45) is 5.73 Å². The van der Waals surface area contributed by atoms with Gasteiger partial charge in [-0.2, -0.15) is 0 Å². The molecule has 0 aliphatic carbocycles. The first-order valence-corrected chi connectivity index (χ1v) is 6.84. The number of benzene rings is 2. The summed E-state index contributed by atoms with van der Waals surface area (Å²) < 4.78 is 0. The van der Waals surface area contributed by atoms with Gasteiger partial charge in [0.05, 0.1) is 10.0 Å². The van der Waals surface area contributed by atoms with Crippen LogP contribution in [0.1, 0.15) is 6.92 Å². The predicted molar refractivity (Wildman–Crippen MR) is 84.2 cm³/mol. The number of rotatable bonds is 4. The molecule has 1 atom stereocenters. The van der Waals surface area contributed by atoms with E-state index < -0.39 is 11.9 Å². The molecule has 0 radical (unpaired) electrons. The van der Waals surface area contributed by atoms with Gasteiger partial charge in [-0.05, 0) is 42.3 Å². The summed E-state index contributed by atoms with van der Waals surface area (Å²) in [6, 6.07) is 12.7. The van der Waals surface area contributed by atoms with Crippen molar-refractivity contribution in [1.29, 1.82) is 0 Å².